The second kappa shape index (κ2) is 28.6. The van der Waals surface area contributed by atoms with E-state index in [1.54, 1.807) is 6.08 Å². The first-order valence-corrected chi connectivity index (χ1v) is 20.1. The Morgan fingerprint density at radius 2 is 1.16 bits per heavy atom. The smallest absolute Gasteiger partial charge is 0.186 e. The van der Waals surface area contributed by atoms with E-state index in [0.717, 1.165) is 50.4 Å². The van der Waals surface area contributed by atoms with E-state index in [9.17, 15) is 35.4 Å². The minimum Gasteiger partial charge on any atom is -0.394 e. The number of ether oxygens (including phenoxy) is 2. The molecule has 49 heavy (non-hydrogen) atoms. The largest absolute Gasteiger partial charge is 0.394 e. The standard InChI is InChI=1S/C40H76O9/c1-5-30(3)24-20-16-12-8-7-9-15-19-23-27-34(43)36(44)32(29-48-40-39(47)38(46)37(45)35(28-41)49-40)33(42)26-22-18-14-11-10-13-17-21-25-31(4)6-2/h22,26,30-35,37-43,45-47H,5-21,23-25,27-29H2,1-4H3/b26-22+/t30?,31?,32-,33+,34+,35+,37-,38-,39+,40+/m0/s1. The predicted molar refractivity (Wildman–Crippen MR) is 196 cm³/mol. The molecule has 10 atom stereocenters. The van der Waals surface area contributed by atoms with E-state index in [1.807, 2.05) is 6.08 Å². The zero-order valence-corrected chi connectivity index (χ0v) is 31.6. The van der Waals surface area contributed by atoms with E-state index in [0.29, 0.717) is 12.8 Å². The number of Topliss-reactive ketones (excluding diaryl/α,β-unsaturated/α-hetero) is 1. The Morgan fingerprint density at radius 1 is 0.694 bits per heavy atom. The average Bonchev–Trinajstić information content (AvgIpc) is 3.10. The summed E-state index contributed by atoms with van der Waals surface area (Å²) in [5.74, 6) is -0.0402. The van der Waals surface area contributed by atoms with E-state index in [1.165, 1.54) is 83.5 Å². The van der Waals surface area contributed by atoms with Crippen molar-refractivity contribution >= 4 is 5.78 Å². The number of carbonyl (C=O) groups excluding carboxylic acids is 1. The molecule has 0 aromatic carbocycles. The highest BCUT2D eigenvalue weighted by atomic mass is 16.7. The van der Waals surface area contributed by atoms with Gasteiger partial charge in [0, 0.05) is 0 Å². The van der Waals surface area contributed by atoms with Crippen LogP contribution in [-0.2, 0) is 14.3 Å². The zero-order valence-electron chi connectivity index (χ0n) is 31.6. The summed E-state index contributed by atoms with van der Waals surface area (Å²) >= 11 is 0. The van der Waals surface area contributed by atoms with Crippen LogP contribution in [0.4, 0.5) is 0 Å². The summed E-state index contributed by atoms with van der Waals surface area (Å²) in [6.45, 7) is 8.14. The molecule has 0 aliphatic carbocycles. The number of ketones is 1. The Hall–Kier alpha value is -0.910. The van der Waals surface area contributed by atoms with Gasteiger partial charge in [-0.3, -0.25) is 4.79 Å². The van der Waals surface area contributed by atoms with Crippen molar-refractivity contribution in [3.63, 3.8) is 0 Å². The van der Waals surface area contributed by atoms with Crippen LogP contribution in [0, 0.1) is 17.8 Å². The number of hydrogen-bond donors (Lipinski definition) is 6. The maximum Gasteiger partial charge on any atom is 0.186 e. The maximum atomic E-state index is 13.4. The highest BCUT2D eigenvalue weighted by Crippen LogP contribution is 2.24. The van der Waals surface area contributed by atoms with Gasteiger partial charge in [0.1, 0.15) is 30.5 Å². The van der Waals surface area contributed by atoms with Crippen molar-refractivity contribution < 1.29 is 44.9 Å². The molecule has 290 valence electrons. The fraction of sp³-hybridized carbons (Fsp3) is 0.925. The van der Waals surface area contributed by atoms with Crippen LogP contribution in [0.1, 0.15) is 163 Å². The van der Waals surface area contributed by atoms with Crippen LogP contribution in [0.15, 0.2) is 12.2 Å². The van der Waals surface area contributed by atoms with Gasteiger partial charge in [-0.15, -0.1) is 0 Å². The predicted octanol–water partition coefficient (Wildman–Crippen LogP) is 6.77. The van der Waals surface area contributed by atoms with Crippen molar-refractivity contribution in [1.29, 1.82) is 0 Å². The normalized spacial score (nSPS) is 24.6. The van der Waals surface area contributed by atoms with Crippen LogP contribution in [0.2, 0.25) is 0 Å². The summed E-state index contributed by atoms with van der Waals surface area (Å²) in [6, 6.07) is 0. The van der Waals surface area contributed by atoms with E-state index in [4.69, 9.17) is 9.47 Å². The number of carbonyl (C=O) groups is 1. The average molecular weight is 701 g/mol. The monoisotopic (exact) mass is 701 g/mol. The first kappa shape index (κ1) is 46.1. The fourth-order valence-electron chi connectivity index (χ4n) is 6.45. The number of aliphatic hydroxyl groups is 6. The molecule has 0 aromatic heterocycles. The first-order chi connectivity index (χ1) is 23.6. The molecule has 2 unspecified atom stereocenters. The summed E-state index contributed by atoms with van der Waals surface area (Å²) in [5, 5.41) is 61.9. The van der Waals surface area contributed by atoms with Crippen LogP contribution in [0.5, 0.6) is 0 Å². The Labute approximate surface area is 298 Å². The Morgan fingerprint density at radius 3 is 1.65 bits per heavy atom. The molecule has 6 N–H and O–H groups in total. The molecular formula is C40H76O9. The van der Waals surface area contributed by atoms with Gasteiger partial charge in [0.05, 0.1) is 25.2 Å². The molecule has 1 aliphatic rings. The summed E-state index contributed by atoms with van der Waals surface area (Å²) in [4.78, 5) is 13.4. The van der Waals surface area contributed by atoms with Crippen molar-refractivity contribution in [1.82, 2.24) is 0 Å². The lowest BCUT2D eigenvalue weighted by Gasteiger charge is -2.40. The molecule has 1 fully saturated rings. The van der Waals surface area contributed by atoms with Crippen molar-refractivity contribution in [2.24, 2.45) is 17.8 Å². The maximum absolute atomic E-state index is 13.4. The van der Waals surface area contributed by atoms with Crippen LogP contribution in [0.25, 0.3) is 0 Å². The molecule has 1 rings (SSSR count). The SMILES string of the molecule is CCC(C)CCCCCCCC/C=C/[C@@H](O)[C@H](CO[C@@H]1O[C@H](CO)[C@H](O)[C@H](O)[C@H]1O)C(=O)[C@H](O)CCCCCCCCCCCC(C)CC. The Kier molecular flexibility index (Phi) is 27.0. The third kappa shape index (κ3) is 20.1. The molecule has 9 heteroatoms. The Bertz CT molecular complexity index is 822. The van der Waals surface area contributed by atoms with Gasteiger partial charge >= 0.3 is 0 Å². The third-order valence-corrected chi connectivity index (χ3v) is 10.6. The summed E-state index contributed by atoms with van der Waals surface area (Å²) in [7, 11) is 0. The second-order valence-electron chi connectivity index (χ2n) is 15.0. The molecule has 9 nitrogen and oxygen atoms in total. The van der Waals surface area contributed by atoms with Gasteiger partial charge in [0.2, 0.25) is 0 Å². The molecule has 1 aliphatic heterocycles. The Balaban J connectivity index is 2.55. The van der Waals surface area contributed by atoms with E-state index >= 15 is 0 Å². The number of allylic oxidation sites excluding steroid dienone is 1. The van der Waals surface area contributed by atoms with Gasteiger partial charge in [0.25, 0.3) is 0 Å². The molecule has 0 amide bonds. The van der Waals surface area contributed by atoms with E-state index in [2.05, 4.69) is 27.7 Å². The van der Waals surface area contributed by atoms with Crippen molar-refractivity contribution in [2.45, 2.75) is 205 Å². The van der Waals surface area contributed by atoms with Gasteiger partial charge in [-0.25, -0.2) is 0 Å². The van der Waals surface area contributed by atoms with Crippen molar-refractivity contribution in [3.05, 3.63) is 12.2 Å². The lowest BCUT2D eigenvalue weighted by molar-refractivity contribution is -0.303. The number of rotatable bonds is 31. The first-order valence-electron chi connectivity index (χ1n) is 20.1. The molecule has 1 saturated heterocycles. The number of hydrogen-bond acceptors (Lipinski definition) is 9. The lowest BCUT2D eigenvalue weighted by Crippen LogP contribution is -2.59. The molecule has 0 spiro atoms. The molecule has 0 aromatic rings. The van der Waals surface area contributed by atoms with Crippen molar-refractivity contribution in [3.8, 4) is 0 Å². The van der Waals surface area contributed by atoms with Crippen LogP contribution in [0.3, 0.4) is 0 Å². The van der Waals surface area contributed by atoms with Crippen LogP contribution < -0.4 is 0 Å². The van der Waals surface area contributed by atoms with Gasteiger partial charge in [-0.2, -0.15) is 0 Å². The molecule has 1 heterocycles. The van der Waals surface area contributed by atoms with Gasteiger partial charge < -0.3 is 40.1 Å². The second-order valence-corrected chi connectivity index (χ2v) is 15.0. The molecular weight excluding hydrogens is 624 g/mol. The summed E-state index contributed by atoms with van der Waals surface area (Å²) < 4.78 is 11.1. The lowest BCUT2D eigenvalue weighted by atomic mass is 9.91. The third-order valence-electron chi connectivity index (χ3n) is 10.6. The molecule has 0 radical (unpaired) electrons. The van der Waals surface area contributed by atoms with Gasteiger partial charge in [-0.1, -0.05) is 155 Å². The highest BCUT2D eigenvalue weighted by Gasteiger charge is 2.44. The minimum absolute atomic E-state index is 0.290. The zero-order chi connectivity index (χ0) is 36.4. The van der Waals surface area contributed by atoms with Crippen molar-refractivity contribution in [2.75, 3.05) is 13.2 Å². The fourth-order valence-corrected chi connectivity index (χ4v) is 6.45. The molecule has 0 bridgehead atoms. The summed E-state index contributed by atoms with van der Waals surface area (Å²) in [6.07, 6.45) is 17.0. The van der Waals surface area contributed by atoms with Gasteiger partial charge in [-0.05, 0) is 31.1 Å². The topological polar surface area (TPSA) is 157 Å². The highest BCUT2D eigenvalue weighted by molar-refractivity contribution is 5.86. The minimum atomic E-state index is -1.62. The van der Waals surface area contributed by atoms with Crippen LogP contribution in [-0.4, -0.2) is 92.5 Å². The van der Waals surface area contributed by atoms with E-state index in [-0.39, 0.29) is 6.61 Å². The quantitative estimate of drug-likeness (QED) is 0.0339. The van der Waals surface area contributed by atoms with Crippen LogP contribution >= 0.6 is 0 Å². The number of unbranched alkanes of at least 4 members (excludes halogenated alkanes) is 14. The molecule has 0 saturated carbocycles. The van der Waals surface area contributed by atoms with E-state index < -0.39 is 61.2 Å². The number of aliphatic hydroxyl groups excluding tert-OH is 6. The van der Waals surface area contributed by atoms with Gasteiger partial charge in [0.15, 0.2) is 12.1 Å². The summed E-state index contributed by atoms with van der Waals surface area (Å²) in [5.41, 5.74) is 0.